The first-order chi connectivity index (χ1) is 14.1. The van der Waals surface area contributed by atoms with Crippen LogP contribution in [0.1, 0.15) is 28.2 Å². The molecule has 0 aliphatic heterocycles. The molecule has 0 spiro atoms. The summed E-state index contributed by atoms with van der Waals surface area (Å²) in [4.78, 5) is 4.06. The molecule has 0 amide bonds. The molecule has 4 rings (SSSR count). The molecule has 0 aliphatic carbocycles. The monoisotopic (exact) mass is 405 g/mol. The van der Waals surface area contributed by atoms with E-state index in [-0.39, 0.29) is 12.4 Å². The number of pyridine rings is 1. The highest BCUT2D eigenvalue weighted by molar-refractivity contribution is 7.71. The van der Waals surface area contributed by atoms with Crippen molar-refractivity contribution < 1.29 is 10.2 Å². The summed E-state index contributed by atoms with van der Waals surface area (Å²) in [5.41, 5.74) is 2.43. The molecule has 0 saturated carbocycles. The number of aryl methyl sites for hydroxylation is 1. The molecule has 2 aromatic heterocycles. The third kappa shape index (κ3) is 3.67. The Balaban J connectivity index is 1.73. The van der Waals surface area contributed by atoms with Crippen molar-refractivity contribution in [2.45, 2.75) is 20.0 Å². The number of fused-ring (bicyclic) bond motifs is 1. The standard InChI is InChI=1S/C21H19N5O2S/c1-13-20(28)18(16(12-27)10-22-13)11-23-26-19(24-25-21(26)29)9-15-7-4-6-14-5-2-3-8-17(14)15/h2-8,10-11,27-28H,9,12H2,1H3,(H,25,29)/b23-11-. The van der Waals surface area contributed by atoms with Gasteiger partial charge in [0.15, 0.2) is 5.82 Å². The zero-order valence-electron chi connectivity index (χ0n) is 15.7. The normalized spacial score (nSPS) is 11.5. The van der Waals surface area contributed by atoms with Crippen LogP contribution in [0.2, 0.25) is 0 Å². The Morgan fingerprint density at radius 1 is 1.17 bits per heavy atom. The molecule has 8 heteroatoms. The van der Waals surface area contributed by atoms with Gasteiger partial charge < -0.3 is 10.2 Å². The van der Waals surface area contributed by atoms with Crippen molar-refractivity contribution >= 4 is 29.2 Å². The molecule has 7 nitrogen and oxygen atoms in total. The zero-order chi connectivity index (χ0) is 20.4. The van der Waals surface area contributed by atoms with Crippen molar-refractivity contribution in [2.24, 2.45) is 5.10 Å². The van der Waals surface area contributed by atoms with E-state index >= 15 is 0 Å². The number of benzene rings is 2. The van der Waals surface area contributed by atoms with E-state index in [1.54, 1.807) is 6.92 Å². The van der Waals surface area contributed by atoms with Gasteiger partial charge in [-0.05, 0) is 35.5 Å². The average molecular weight is 405 g/mol. The van der Waals surface area contributed by atoms with Gasteiger partial charge in [-0.2, -0.15) is 14.9 Å². The molecule has 0 aliphatic rings. The molecule has 0 unspecified atom stereocenters. The van der Waals surface area contributed by atoms with Crippen LogP contribution in [0.4, 0.5) is 0 Å². The molecule has 29 heavy (non-hydrogen) atoms. The van der Waals surface area contributed by atoms with Gasteiger partial charge in [0, 0.05) is 23.7 Å². The number of H-pyrrole nitrogens is 1. The lowest BCUT2D eigenvalue weighted by Crippen LogP contribution is -2.03. The molecule has 146 valence electrons. The summed E-state index contributed by atoms with van der Waals surface area (Å²) >= 11 is 5.33. The summed E-state index contributed by atoms with van der Waals surface area (Å²) in [7, 11) is 0. The lowest BCUT2D eigenvalue weighted by molar-refractivity contribution is 0.280. The second-order valence-corrected chi connectivity index (χ2v) is 6.99. The number of aromatic amines is 1. The number of rotatable bonds is 5. The third-order valence-electron chi connectivity index (χ3n) is 4.78. The van der Waals surface area contributed by atoms with Crippen molar-refractivity contribution in [3.63, 3.8) is 0 Å². The largest absolute Gasteiger partial charge is 0.505 e. The number of aromatic nitrogens is 4. The molecule has 2 aromatic carbocycles. The first-order valence-corrected chi connectivity index (χ1v) is 9.45. The van der Waals surface area contributed by atoms with Gasteiger partial charge in [0.05, 0.1) is 18.5 Å². The number of aromatic hydroxyl groups is 1. The minimum Gasteiger partial charge on any atom is -0.505 e. The van der Waals surface area contributed by atoms with Crippen molar-refractivity contribution in [1.82, 2.24) is 19.9 Å². The maximum absolute atomic E-state index is 10.3. The number of hydrogen-bond donors (Lipinski definition) is 3. The van der Waals surface area contributed by atoms with Crippen LogP contribution >= 0.6 is 12.2 Å². The van der Waals surface area contributed by atoms with Gasteiger partial charge in [0.25, 0.3) is 0 Å². The molecule has 4 aromatic rings. The molecule has 3 N–H and O–H groups in total. The van der Waals surface area contributed by atoms with Gasteiger partial charge in [-0.25, -0.2) is 0 Å². The van der Waals surface area contributed by atoms with E-state index in [9.17, 15) is 10.2 Å². The van der Waals surface area contributed by atoms with E-state index in [4.69, 9.17) is 12.2 Å². The molecular formula is C21H19N5O2S. The smallest absolute Gasteiger partial charge is 0.216 e. The van der Waals surface area contributed by atoms with Crippen molar-refractivity contribution in [3.8, 4) is 5.75 Å². The summed E-state index contributed by atoms with van der Waals surface area (Å²) in [6.07, 6.45) is 3.51. The van der Waals surface area contributed by atoms with Crippen LogP contribution in [0, 0.1) is 11.7 Å². The Labute approximate surface area is 172 Å². The number of nitrogens with zero attached hydrogens (tertiary/aromatic N) is 4. The first-order valence-electron chi connectivity index (χ1n) is 9.04. The third-order valence-corrected chi connectivity index (χ3v) is 5.04. The van der Waals surface area contributed by atoms with Gasteiger partial charge >= 0.3 is 0 Å². The predicted molar refractivity (Wildman–Crippen MR) is 114 cm³/mol. The maximum atomic E-state index is 10.3. The van der Waals surface area contributed by atoms with E-state index in [2.05, 4.69) is 44.5 Å². The predicted octanol–water partition coefficient (Wildman–Crippen LogP) is 3.47. The number of nitrogens with one attached hydrogen (secondary N) is 1. The lowest BCUT2D eigenvalue weighted by Gasteiger charge is -2.08. The molecule has 0 bridgehead atoms. The molecular weight excluding hydrogens is 386 g/mol. The van der Waals surface area contributed by atoms with Crippen molar-refractivity contribution in [2.75, 3.05) is 0 Å². The number of aliphatic hydroxyl groups is 1. The molecule has 0 radical (unpaired) electrons. The minimum absolute atomic E-state index is 0.0223. The fourth-order valence-electron chi connectivity index (χ4n) is 3.21. The van der Waals surface area contributed by atoms with Gasteiger partial charge in [-0.15, -0.1) is 0 Å². The fourth-order valence-corrected chi connectivity index (χ4v) is 3.41. The quantitative estimate of drug-likeness (QED) is 0.349. The summed E-state index contributed by atoms with van der Waals surface area (Å²) in [5, 5.41) is 33.7. The summed E-state index contributed by atoms with van der Waals surface area (Å²) in [6, 6.07) is 14.3. The van der Waals surface area contributed by atoms with Crippen LogP contribution in [0.5, 0.6) is 5.75 Å². The Kier molecular flexibility index (Phi) is 5.20. The molecule has 0 fully saturated rings. The average Bonchev–Trinajstić information content (AvgIpc) is 3.08. The Hall–Kier alpha value is -3.36. The topological polar surface area (TPSA) is 99.3 Å². The summed E-state index contributed by atoms with van der Waals surface area (Å²) in [6.45, 7) is 1.42. The fraction of sp³-hybridized carbons (Fsp3) is 0.143. The summed E-state index contributed by atoms with van der Waals surface area (Å²) < 4.78 is 1.86. The van der Waals surface area contributed by atoms with E-state index in [0.717, 1.165) is 16.3 Å². The van der Waals surface area contributed by atoms with Gasteiger partial charge in [-0.3, -0.25) is 10.1 Å². The van der Waals surface area contributed by atoms with Crippen LogP contribution in [0.15, 0.2) is 53.8 Å². The van der Waals surface area contributed by atoms with Gasteiger partial charge in [0.1, 0.15) is 5.75 Å². The molecule has 0 saturated heterocycles. The van der Waals surface area contributed by atoms with Gasteiger partial charge in [-0.1, -0.05) is 42.5 Å². The van der Waals surface area contributed by atoms with Crippen LogP contribution in [0.3, 0.4) is 0 Å². The number of hydrogen-bond acceptors (Lipinski definition) is 6. The molecule has 2 heterocycles. The highest BCUT2D eigenvalue weighted by Gasteiger charge is 2.12. The van der Waals surface area contributed by atoms with E-state index in [1.807, 2.05) is 18.2 Å². The Bertz CT molecular complexity index is 1270. The maximum Gasteiger partial charge on any atom is 0.216 e. The second kappa shape index (κ2) is 7.94. The van der Waals surface area contributed by atoms with Crippen LogP contribution in [-0.2, 0) is 13.0 Å². The van der Waals surface area contributed by atoms with E-state index in [0.29, 0.717) is 33.8 Å². The highest BCUT2D eigenvalue weighted by atomic mass is 32.1. The highest BCUT2D eigenvalue weighted by Crippen LogP contribution is 2.23. The lowest BCUT2D eigenvalue weighted by atomic mass is 10.0. The number of aliphatic hydroxyl groups excluding tert-OH is 1. The van der Waals surface area contributed by atoms with Crippen LogP contribution < -0.4 is 0 Å². The van der Waals surface area contributed by atoms with Crippen molar-refractivity contribution in [3.05, 3.63) is 81.6 Å². The van der Waals surface area contributed by atoms with Crippen molar-refractivity contribution in [1.29, 1.82) is 0 Å². The summed E-state index contributed by atoms with van der Waals surface area (Å²) in [5.74, 6) is 0.615. The Morgan fingerprint density at radius 2 is 1.97 bits per heavy atom. The molecule has 0 atom stereocenters. The minimum atomic E-state index is -0.262. The van der Waals surface area contributed by atoms with Gasteiger partial charge in [0.2, 0.25) is 4.77 Å². The Morgan fingerprint density at radius 3 is 2.79 bits per heavy atom. The SMILES string of the molecule is Cc1ncc(CO)c(/C=N\n2c(Cc3cccc4ccccc34)n[nH]c2=S)c1O. The van der Waals surface area contributed by atoms with Crippen LogP contribution in [-0.4, -0.2) is 36.3 Å². The van der Waals surface area contributed by atoms with E-state index < -0.39 is 0 Å². The second-order valence-electron chi connectivity index (χ2n) is 6.61. The van der Waals surface area contributed by atoms with E-state index in [1.165, 1.54) is 17.1 Å². The zero-order valence-corrected chi connectivity index (χ0v) is 16.5. The first kappa shape index (κ1) is 19.0. The van der Waals surface area contributed by atoms with Crippen LogP contribution in [0.25, 0.3) is 10.8 Å².